The Morgan fingerprint density at radius 3 is 1.75 bits per heavy atom. The highest BCUT2D eigenvalue weighted by atomic mass is 32.2. The van der Waals surface area contributed by atoms with E-state index in [1.165, 1.54) is 30.4 Å². The second-order valence-electron chi connectivity index (χ2n) is 12.6. The first-order chi connectivity index (χ1) is 27.6. The van der Waals surface area contributed by atoms with Crippen molar-refractivity contribution in [2.24, 2.45) is 0 Å². The van der Waals surface area contributed by atoms with Crippen molar-refractivity contribution in [1.82, 2.24) is 40.3 Å². The van der Waals surface area contributed by atoms with Gasteiger partial charge in [-0.3, -0.25) is 19.8 Å². The van der Waals surface area contributed by atoms with Crippen LogP contribution in [0.1, 0.15) is 37.4 Å². The molecule has 5 heterocycles. The minimum absolute atomic E-state index is 0.0290. The molecule has 0 bridgehead atoms. The Hall–Kier alpha value is -6.02. The lowest BCUT2D eigenvalue weighted by Crippen LogP contribution is -2.36. The van der Waals surface area contributed by atoms with Crippen LogP contribution in [0, 0.1) is 13.8 Å². The van der Waals surface area contributed by atoms with E-state index in [9.17, 15) is 14.7 Å². The third kappa shape index (κ3) is 12.5. The van der Waals surface area contributed by atoms with Crippen molar-refractivity contribution in [3.63, 3.8) is 0 Å². The van der Waals surface area contributed by atoms with E-state index < -0.39 is 0 Å². The van der Waals surface area contributed by atoms with Gasteiger partial charge >= 0.3 is 0 Å². The van der Waals surface area contributed by atoms with Crippen molar-refractivity contribution < 1.29 is 19.4 Å². The number of aliphatic hydroxyl groups is 1. The standard InChI is InChI=1S/C20H23N7O2S.C18H20N6O2S/c1-13-11-18(26-25-13)22-17-12-19(27-7-9-29-10-8-27)24-20(23-17)30-16-5-3-15(4-6-16)21-14(2)28;1-3-17(26)19-12-4-6-14(7-5-12)27-18-20-13(10-25)9-15(22-18)21-16-8-11(2)23-24-16/h3-6,11-12H,7-10H2,1-2H3,(H,21,28)(H2,22,23,24,25,26);4-9,25H,3,10H2,1-2H3,(H,19,26)(H2,20,21,22,23,24). The van der Waals surface area contributed by atoms with Crippen molar-refractivity contribution in [1.29, 1.82) is 0 Å². The molecule has 0 unspecified atom stereocenters. The number of aryl methyl sites for hydroxylation is 2. The van der Waals surface area contributed by atoms with Gasteiger partial charge in [0.1, 0.15) is 17.5 Å². The van der Waals surface area contributed by atoms with Gasteiger partial charge in [-0.05, 0) is 85.9 Å². The molecule has 19 heteroatoms. The van der Waals surface area contributed by atoms with Crippen LogP contribution in [0.5, 0.6) is 0 Å². The normalized spacial score (nSPS) is 12.3. The predicted octanol–water partition coefficient (Wildman–Crippen LogP) is 6.44. The number of nitrogens with zero attached hydrogens (tertiary/aromatic N) is 7. The van der Waals surface area contributed by atoms with Crippen LogP contribution in [0.2, 0.25) is 0 Å². The topological polar surface area (TPSA) is 224 Å². The molecular weight excluding hydrogens is 767 g/mol. The van der Waals surface area contributed by atoms with E-state index in [4.69, 9.17) is 9.72 Å². The predicted molar refractivity (Wildman–Crippen MR) is 221 cm³/mol. The number of hydrogen-bond donors (Lipinski definition) is 7. The molecule has 0 radical (unpaired) electrons. The highest BCUT2D eigenvalue weighted by molar-refractivity contribution is 7.99. The molecule has 6 aromatic rings. The maximum atomic E-state index is 11.4. The van der Waals surface area contributed by atoms with Crippen molar-refractivity contribution >= 4 is 75.8 Å². The van der Waals surface area contributed by atoms with E-state index in [1.54, 1.807) is 13.0 Å². The number of amides is 2. The summed E-state index contributed by atoms with van der Waals surface area (Å²) in [7, 11) is 0. The Morgan fingerprint density at radius 1 is 0.737 bits per heavy atom. The number of ether oxygens (including phenoxy) is 1. The number of aromatic amines is 2. The average molecular weight is 810 g/mol. The number of hydrogen-bond acceptors (Lipinski definition) is 15. The number of aromatic nitrogens is 8. The molecule has 1 saturated heterocycles. The average Bonchev–Trinajstić information content (AvgIpc) is 3.82. The molecule has 1 aliphatic rings. The monoisotopic (exact) mass is 809 g/mol. The zero-order valence-corrected chi connectivity index (χ0v) is 33.4. The Labute approximate surface area is 337 Å². The summed E-state index contributed by atoms with van der Waals surface area (Å²) in [6.07, 6.45) is 0.434. The van der Waals surface area contributed by atoms with Crippen molar-refractivity contribution in [3.05, 3.63) is 89.9 Å². The van der Waals surface area contributed by atoms with Gasteiger partial charge in [0.2, 0.25) is 11.8 Å². The lowest BCUT2D eigenvalue weighted by Gasteiger charge is -2.28. The maximum absolute atomic E-state index is 11.4. The van der Waals surface area contributed by atoms with Gasteiger partial charge in [-0.15, -0.1) is 0 Å². The first-order valence-electron chi connectivity index (χ1n) is 18.0. The summed E-state index contributed by atoms with van der Waals surface area (Å²) in [4.78, 5) is 45.0. The van der Waals surface area contributed by atoms with E-state index in [0.717, 1.165) is 51.5 Å². The molecule has 0 aliphatic carbocycles. The van der Waals surface area contributed by atoms with Gasteiger partial charge < -0.3 is 36.0 Å². The maximum Gasteiger partial charge on any atom is 0.224 e. The molecule has 2 aromatic carbocycles. The molecule has 57 heavy (non-hydrogen) atoms. The van der Waals surface area contributed by atoms with Crippen LogP contribution in [-0.4, -0.2) is 83.6 Å². The molecule has 7 rings (SSSR count). The van der Waals surface area contributed by atoms with E-state index >= 15 is 0 Å². The molecule has 296 valence electrons. The second kappa shape index (κ2) is 19.7. The third-order valence-corrected chi connectivity index (χ3v) is 9.67. The number of nitrogens with one attached hydrogen (secondary N) is 6. The van der Waals surface area contributed by atoms with Gasteiger partial charge in [0.15, 0.2) is 21.9 Å². The van der Waals surface area contributed by atoms with E-state index in [1.807, 2.05) is 80.6 Å². The number of aliphatic hydroxyl groups excluding tert-OH is 1. The fraction of sp³-hybridized carbons (Fsp3) is 0.263. The van der Waals surface area contributed by atoms with Crippen LogP contribution in [0.15, 0.2) is 92.9 Å². The van der Waals surface area contributed by atoms with Crippen LogP contribution in [0.4, 0.5) is 40.5 Å². The van der Waals surface area contributed by atoms with E-state index in [0.29, 0.717) is 58.9 Å². The van der Waals surface area contributed by atoms with Crippen molar-refractivity contribution in [3.8, 4) is 0 Å². The molecule has 17 nitrogen and oxygen atoms in total. The number of carbonyl (C=O) groups excluding carboxylic acids is 2. The van der Waals surface area contributed by atoms with Crippen LogP contribution < -0.4 is 26.2 Å². The largest absolute Gasteiger partial charge is 0.390 e. The molecule has 7 N–H and O–H groups in total. The highest BCUT2D eigenvalue weighted by Crippen LogP contribution is 2.31. The number of rotatable bonds is 13. The van der Waals surface area contributed by atoms with E-state index in [-0.39, 0.29) is 18.4 Å². The van der Waals surface area contributed by atoms with Gasteiger partial charge in [-0.2, -0.15) is 10.2 Å². The molecular formula is C38H43N13O4S2. The molecule has 0 saturated carbocycles. The first-order valence-corrected chi connectivity index (χ1v) is 19.7. The van der Waals surface area contributed by atoms with Crippen LogP contribution in [0.3, 0.4) is 0 Å². The smallest absolute Gasteiger partial charge is 0.224 e. The van der Waals surface area contributed by atoms with Gasteiger partial charge in [-0.1, -0.05) is 6.92 Å². The second-order valence-corrected chi connectivity index (χ2v) is 14.7. The number of H-pyrrole nitrogens is 2. The van der Waals surface area contributed by atoms with Crippen molar-refractivity contribution in [2.45, 2.75) is 60.8 Å². The SMILES string of the molecule is CC(=O)Nc1ccc(Sc2nc(Nc3cc(C)[nH]n3)cc(N3CCOCC3)n2)cc1.CCC(=O)Nc1ccc(Sc2nc(CO)cc(Nc3cc(C)[nH]n3)n2)cc1. The summed E-state index contributed by atoms with van der Waals surface area (Å²) in [5.74, 6) is 3.29. The minimum Gasteiger partial charge on any atom is -0.390 e. The van der Waals surface area contributed by atoms with E-state index in [2.05, 4.69) is 61.5 Å². The highest BCUT2D eigenvalue weighted by Gasteiger charge is 2.17. The zero-order valence-electron chi connectivity index (χ0n) is 31.8. The van der Waals surface area contributed by atoms with Crippen molar-refractivity contribution in [2.75, 3.05) is 52.5 Å². The van der Waals surface area contributed by atoms with Gasteiger partial charge in [0, 0.05) is 83.3 Å². The molecule has 0 atom stereocenters. The van der Waals surface area contributed by atoms with Gasteiger partial charge in [0.25, 0.3) is 0 Å². The summed E-state index contributed by atoms with van der Waals surface area (Å²) in [6, 6.07) is 22.4. The Morgan fingerprint density at radius 2 is 1.26 bits per heavy atom. The first kappa shape index (κ1) is 40.6. The third-order valence-electron chi connectivity index (χ3n) is 7.92. The lowest BCUT2D eigenvalue weighted by atomic mass is 10.3. The number of benzene rings is 2. The fourth-order valence-corrected chi connectivity index (χ4v) is 6.80. The van der Waals surface area contributed by atoms with Gasteiger partial charge in [-0.25, -0.2) is 19.9 Å². The summed E-state index contributed by atoms with van der Waals surface area (Å²) in [5.41, 5.74) is 3.90. The van der Waals surface area contributed by atoms with Crippen LogP contribution in [-0.2, 0) is 20.9 Å². The summed E-state index contributed by atoms with van der Waals surface area (Å²) in [5, 5.41) is 36.7. The van der Waals surface area contributed by atoms with Gasteiger partial charge in [0.05, 0.1) is 25.5 Å². The summed E-state index contributed by atoms with van der Waals surface area (Å²) >= 11 is 2.83. The zero-order chi connectivity index (χ0) is 40.1. The van der Waals surface area contributed by atoms with Crippen LogP contribution >= 0.6 is 23.5 Å². The fourth-order valence-electron chi connectivity index (χ4n) is 5.24. The van der Waals surface area contributed by atoms with Crippen LogP contribution in [0.25, 0.3) is 0 Å². The molecule has 0 spiro atoms. The number of carbonyl (C=O) groups is 2. The lowest BCUT2D eigenvalue weighted by molar-refractivity contribution is -0.116. The minimum atomic E-state index is -0.188. The molecule has 4 aromatic heterocycles. The Kier molecular flexibility index (Phi) is 14.1. The molecule has 1 fully saturated rings. The quantitative estimate of drug-likeness (QED) is 0.0624. The number of anilines is 7. The number of morpholine rings is 1. The molecule has 2 amide bonds. The molecule has 1 aliphatic heterocycles. The summed E-state index contributed by atoms with van der Waals surface area (Å²) in [6.45, 7) is 9.89. The Bertz CT molecular complexity index is 2260. The summed E-state index contributed by atoms with van der Waals surface area (Å²) < 4.78 is 5.46. The Balaban J connectivity index is 0.000000194.